The van der Waals surface area contributed by atoms with Gasteiger partial charge in [-0.05, 0) is 22.0 Å². The first-order valence-electron chi connectivity index (χ1n) is 2.62. The zero-order valence-electron chi connectivity index (χ0n) is 5.20. The molecule has 0 saturated carbocycles. The third kappa shape index (κ3) is 1.76. The summed E-state index contributed by atoms with van der Waals surface area (Å²) in [5.41, 5.74) is 0. The molecule has 1 aromatic heterocycles. The van der Waals surface area contributed by atoms with Crippen molar-refractivity contribution in [1.29, 1.82) is 0 Å². The van der Waals surface area contributed by atoms with Crippen molar-refractivity contribution in [3.63, 3.8) is 0 Å². The summed E-state index contributed by atoms with van der Waals surface area (Å²) in [5.74, 6) is -2.70. The summed E-state index contributed by atoms with van der Waals surface area (Å²) in [6, 6.07) is 1.44. The third-order valence-electron chi connectivity index (χ3n) is 1.00. The molecule has 0 amide bonds. The van der Waals surface area contributed by atoms with Gasteiger partial charge >= 0.3 is 0 Å². The Kier molecular flexibility index (Phi) is 2.10. The molecule has 1 heterocycles. The Bertz CT molecular complexity index is 226. The van der Waals surface area contributed by atoms with E-state index in [0.717, 1.165) is 18.3 Å². The van der Waals surface area contributed by atoms with E-state index in [1.165, 1.54) is 6.07 Å². The monoisotopic (exact) mass is 226 g/mol. The first-order valence-corrected chi connectivity index (χ1v) is 4.30. The highest BCUT2D eigenvalue weighted by atomic mass is 79.9. The predicted octanol–water partition coefficient (Wildman–Crippen LogP) is 3.62. The normalized spacial score (nSPS) is 12.0. The van der Waals surface area contributed by atoms with Gasteiger partial charge in [-0.15, -0.1) is 11.3 Å². The number of rotatable bonds is 1. The SMILES string of the molecule is CC(F)(F)c1cc(Br)cs1. The van der Waals surface area contributed by atoms with Crippen molar-refractivity contribution in [3.8, 4) is 0 Å². The Hall–Kier alpha value is 0.0400. The molecule has 0 nitrogen and oxygen atoms in total. The minimum Gasteiger partial charge on any atom is -0.201 e. The zero-order valence-corrected chi connectivity index (χ0v) is 7.60. The Morgan fingerprint density at radius 1 is 1.60 bits per heavy atom. The highest BCUT2D eigenvalue weighted by Gasteiger charge is 2.25. The fraction of sp³-hybridized carbons (Fsp3) is 0.333. The zero-order chi connectivity index (χ0) is 7.78. The molecule has 0 aliphatic rings. The molecule has 4 heteroatoms. The van der Waals surface area contributed by atoms with Crippen molar-refractivity contribution < 1.29 is 8.78 Å². The molecule has 0 unspecified atom stereocenters. The molecule has 0 saturated heterocycles. The van der Waals surface area contributed by atoms with E-state index in [1.54, 1.807) is 5.38 Å². The summed E-state index contributed by atoms with van der Waals surface area (Å²) in [4.78, 5) is 0.0966. The second-order valence-electron chi connectivity index (χ2n) is 2.02. The molecule has 0 aromatic carbocycles. The van der Waals surface area contributed by atoms with Gasteiger partial charge in [-0.3, -0.25) is 0 Å². The molecule has 1 rings (SSSR count). The summed E-state index contributed by atoms with van der Waals surface area (Å²) in [6.07, 6.45) is 0. The van der Waals surface area contributed by atoms with Gasteiger partial charge in [0.2, 0.25) is 0 Å². The molecule has 0 aliphatic heterocycles. The summed E-state index contributed by atoms with van der Waals surface area (Å²) in [6.45, 7) is 0.894. The largest absolute Gasteiger partial charge is 0.279 e. The van der Waals surface area contributed by atoms with Crippen molar-refractivity contribution >= 4 is 27.3 Å². The van der Waals surface area contributed by atoms with Crippen LogP contribution in [0.15, 0.2) is 15.9 Å². The van der Waals surface area contributed by atoms with Crippen molar-refractivity contribution in [2.75, 3.05) is 0 Å². The van der Waals surface area contributed by atoms with E-state index in [2.05, 4.69) is 15.9 Å². The van der Waals surface area contributed by atoms with Crippen LogP contribution in [0.25, 0.3) is 0 Å². The van der Waals surface area contributed by atoms with Crippen molar-refractivity contribution in [1.82, 2.24) is 0 Å². The molecule has 0 N–H and O–H groups in total. The van der Waals surface area contributed by atoms with Crippen LogP contribution in [0.4, 0.5) is 8.78 Å². The maximum Gasteiger partial charge on any atom is 0.279 e. The lowest BCUT2D eigenvalue weighted by molar-refractivity contribution is 0.0215. The van der Waals surface area contributed by atoms with Gasteiger partial charge in [0.05, 0.1) is 4.88 Å². The summed E-state index contributed by atoms with van der Waals surface area (Å²) in [7, 11) is 0. The van der Waals surface area contributed by atoms with Gasteiger partial charge in [0.15, 0.2) is 0 Å². The minimum atomic E-state index is -2.70. The average molecular weight is 227 g/mol. The van der Waals surface area contributed by atoms with E-state index in [0.29, 0.717) is 4.47 Å². The van der Waals surface area contributed by atoms with Crippen LogP contribution >= 0.6 is 27.3 Å². The predicted molar refractivity (Wildman–Crippen MR) is 41.6 cm³/mol. The number of thiophene rings is 1. The van der Waals surface area contributed by atoms with Gasteiger partial charge in [0.25, 0.3) is 5.92 Å². The smallest absolute Gasteiger partial charge is 0.201 e. The Morgan fingerprint density at radius 3 is 2.40 bits per heavy atom. The van der Waals surface area contributed by atoms with E-state index in [-0.39, 0.29) is 4.88 Å². The molecule has 0 radical (unpaired) electrons. The highest BCUT2D eigenvalue weighted by Crippen LogP contribution is 2.33. The van der Waals surface area contributed by atoms with Crippen molar-refractivity contribution in [3.05, 3.63) is 20.8 Å². The van der Waals surface area contributed by atoms with Crippen LogP contribution in [-0.4, -0.2) is 0 Å². The molecular formula is C6H5BrF2S. The van der Waals surface area contributed by atoms with E-state index >= 15 is 0 Å². The first-order chi connectivity index (χ1) is 4.50. The van der Waals surface area contributed by atoms with Crippen LogP contribution in [0.5, 0.6) is 0 Å². The summed E-state index contributed by atoms with van der Waals surface area (Å²) < 4.78 is 25.6. The Morgan fingerprint density at radius 2 is 2.20 bits per heavy atom. The Labute approximate surface area is 70.0 Å². The third-order valence-corrected chi connectivity index (χ3v) is 2.86. The maximum atomic E-state index is 12.5. The summed E-state index contributed by atoms with van der Waals surface area (Å²) in [5, 5.41) is 1.65. The molecule has 0 fully saturated rings. The molecule has 1 aromatic rings. The number of alkyl halides is 2. The molecule has 0 spiro atoms. The van der Waals surface area contributed by atoms with Gasteiger partial charge in [-0.2, -0.15) is 0 Å². The fourth-order valence-corrected chi connectivity index (χ4v) is 1.91. The van der Waals surface area contributed by atoms with Crippen LogP contribution in [-0.2, 0) is 5.92 Å². The molecule has 56 valence electrons. The van der Waals surface area contributed by atoms with E-state index in [9.17, 15) is 8.78 Å². The average Bonchev–Trinajstić information content (AvgIpc) is 2.11. The van der Waals surface area contributed by atoms with Crippen LogP contribution in [0.2, 0.25) is 0 Å². The van der Waals surface area contributed by atoms with E-state index < -0.39 is 5.92 Å². The lowest BCUT2D eigenvalue weighted by Gasteiger charge is -2.04. The molecule has 0 atom stereocenters. The van der Waals surface area contributed by atoms with E-state index in [1.807, 2.05) is 0 Å². The summed E-state index contributed by atoms with van der Waals surface area (Å²) >= 11 is 4.16. The van der Waals surface area contributed by atoms with Gasteiger partial charge in [-0.25, -0.2) is 8.78 Å². The van der Waals surface area contributed by atoms with Gasteiger partial charge in [0, 0.05) is 16.8 Å². The van der Waals surface area contributed by atoms with Crippen LogP contribution in [0.3, 0.4) is 0 Å². The molecule has 10 heavy (non-hydrogen) atoms. The van der Waals surface area contributed by atoms with Crippen LogP contribution in [0, 0.1) is 0 Å². The molecule has 0 bridgehead atoms. The second kappa shape index (κ2) is 2.58. The lowest BCUT2D eigenvalue weighted by atomic mass is 10.3. The molecule has 0 aliphatic carbocycles. The number of hydrogen-bond donors (Lipinski definition) is 0. The standard InChI is InChI=1S/C6H5BrF2S/c1-6(8,9)5-2-4(7)3-10-5/h2-3H,1H3. The topological polar surface area (TPSA) is 0 Å². The Balaban J connectivity index is 2.96. The second-order valence-corrected chi connectivity index (χ2v) is 3.84. The van der Waals surface area contributed by atoms with Crippen LogP contribution in [0.1, 0.15) is 11.8 Å². The van der Waals surface area contributed by atoms with Gasteiger partial charge in [-0.1, -0.05) is 0 Å². The highest BCUT2D eigenvalue weighted by molar-refractivity contribution is 9.10. The van der Waals surface area contributed by atoms with E-state index in [4.69, 9.17) is 0 Å². The maximum absolute atomic E-state index is 12.5. The van der Waals surface area contributed by atoms with Crippen molar-refractivity contribution in [2.45, 2.75) is 12.8 Å². The van der Waals surface area contributed by atoms with Gasteiger partial charge in [0.1, 0.15) is 0 Å². The quantitative estimate of drug-likeness (QED) is 0.687. The minimum absolute atomic E-state index is 0.0966. The van der Waals surface area contributed by atoms with Crippen molar-refractivity contribution in [2.24, 2.45) is 0 Å². The fourth-order valence-electron chi connectivity index (χ4n) is 0.543. The first kappa shape index (κ1) is 8.14. The van der Waals surface area contributed by atoms with Crippen LogP contribution < -0.4 is 0 Å². The molecular weight excluding hydrogens is 222 g/mol. The lowest BCUT2D eigenvalue weighted by Crippen LogP contribution is -2.02. The number of hydrogen-bond acceptors (Lipinski definition) is 1. The number of halogens is 3. The van der Waals surface area contributed by atoms with Gasteiger partial charge < -0.3 is 0 Å².